The van der Waals surface area contributed by atoms with Crippen LogP contribution >= 0.6 is 0 Å². The minimum Gasteiger partial charge on any atom is -0.496 e. The molecule has 17 heavy (non-hydrogen) atoms. The molecule has 1 aliphatic carbocycles. The number of rotatable bonds is 3. The van der Waals surface area contributed by atoms with Crippen molar-refractivity contribution in [3.63, 3.8) is 0 Å². The van der Waals surface area contributed by atoms with Crippen molar-refractivity contribution in [3.05, 3.63) is 28.8 Å². The SMILES string of the molecule is COc1cc(C)c(C)cc1C1(CN)CC1(C)C. The number of aryl methyl sites for hydroxylation is 2. The van der Waals surface area contributed by atoms with Crippen molar-refractivity contribution < 1.29 is 4.74 Å². The Morgan fingerprint density at radius 1 is 1.24 bits per heavy atom. The average molecular weight is 233 g/mol. The largest absolute Gasteiger partial charge is 0.496 e. The molecule has 0 saturated heterocycles. The first kappa shape index (κ1) is 12.4. The van der Waals surface area contributed by atoms with E-state index in [-0.39, 0.29) is 10.8 Å². The molecule has 0 radical (unpaired) electrons. The summed E-state index contributed by atoms with van der Waals surface area (Å²) in [5.41, 5.74) is 10.3. The van der Waals surface area contributed by atoms with E-state index >= 15 is 0 Å². The van der Waals surface area contributed by atoms with Crippen LogP contribution in [0.2, 0.25) is 0 Å². The molecule has 1 saturated carbocycles. The molecule has 2 nitrogen and oxygen atoms in total. The van der Waals surface area contributed by atoms with Gasteiger partial charge in [-0.05, 0) is 42.9 Å². The highest BCUT2D eigenvalue weighted by molar-refractivity contribution is 5.51. The molecular weight excluding hydrogens is 210 g/mol. The maximum absolute atomic E-state index is 6.03. The lowest BCUT2D eigenvalue weighted by Gasteiger charge is -2.23. The highest BCUT2D eigenvalue weighted by Crippen LogP contribution is 2.65. The zero-order chi connectivity index (χ0) is 12.8. The number of hydrogen-bond acceptors (Lipinski definition) is 2. The summed E-state index contributed by atoms with van der Waals surface area (Å²) in [7, 11) is 1.74. The van der Waals surface area contributed by atoms with Gasteiger partial charge < -0.3 is 10.5 Å². The lowest BCUT2D eigenvalue weighted by Crippen LogP contribution is -2.26. The standard InChI is InChI=1S/C15H23NO/c1-10-6-12(13(17-5)7-11(10)2)15(9-16)8-14(15,3)4/h6-7H,8-9,16H2,1-5H3. The fourth-order valence-electron chi connectivity index (χ4n) is 2.96. The van der Waals surface area contributed by atoms with Crippen LogP contribution < -0.4 is 10.5 Å². The zero-order valence-electron chi connectivity index (χ0n) is 11.6. The predicted octanol–water partition coefficient (Wildman–Crippen LogP) is 2.94. The molecule has 0 amide bonds. The third-order valence-electron chi connectivity index (χ3n) is 4.59. The Hall–Kier alpha value is -1.02. The smallest absolute Gasteiger partial charge is 0.122 e. The lowest BCUT2D eigenvalue weighted by atomic mass is 9.85. The molecule has 94 valence electrons. The summed E-state index contributed by atoms with van der Waals surface area (Å²) >= 11 is 0. The van der Waals surface area contributed by atoms with Crippen molar-refractivity contribution >= 4 is 0 Å². The molecule has 1 aliphatic rings. The molecule has 1 fully saturated rings. The van der Waals surface area contributed by atoms with E-state index in [1.807, 2.05) is 0 Å². The first-order valence-electron chi connectivity index (χ1n) is 6.24. The summed E-state index contributed by atoms with van der Waals surface area (Å²) in [6.07, 6.45) is 1.15. The Balaban J connectivity index is 2.56. The molecule has 0 aromatic heterocycles. The molecule has 0 heterocycles. The van der Waals surface area contributed by atoms with Gasteiger partial charge in [0.2, 0.25) is 0 Å². The normalized spacial score (nSPS) is 25.8. The molecule has 1 atom stereocenters. The summed E-state index contributed by atoms with van der Waals surface area (Å²) in [5.74, 6) is 0.990. The first-order valence-corrected chi connectivity index (χ1v) is 6.24. The molecule has 2 N–H and O–H groups in total. The Morgan fingerprint density at radius 3 is 2.18 bits per heavy atom. The Kier molecular flexibility index (Phi) is 2.74. The highest BCUT2D eigenvalue weighted by atomic mass is 16.5. The molecular formula is C15H23NO. The molecule has 1 unspecified atom stereocenters. The van der Waals surface area contributed by atoms with E-state index in [0.717, 1.165) is 12.2 Å². The molecule has 0 bridgehead atoms. The van der Waals surface area contributed by atoms with Gasteiger partial charge in [-0.3, -0.25) is 0 Å². The summed E-state index contributed by atoms with van der Waals surface area (Å²) in [5, 5.41) is 0. The number of ether oxygens (including phenoxy) is 1. The summed E-state index contributed by atoms with van der Waals surface area (Å²) in [6, 6.07) is 4.40. The minimum atomic E-state index is 0.108. The van der Waals surface area contributed by atoms with E-state index in [4.69, 9.17) is 10.5 Å². The average Bonchev–Trinajstić information content (AvgIpc) is 2.85. The number of hydrogen-bond donors (Lipinski definition) is 1. The van der Waals surface area contributed by atoms with Crippen molar-refractivity contribution in [1.82, 2.24) is 0 Å². The van der Waals surface area contributed by atoms with Crippen LogP contribution in [0.25, 0.3) is 0 Å². The summed E-state index contributed by atoms with van der Waals surface area (Å²) in [6.45, 7) is 9.54. The Labute approximate surface area is 104 Å². The fourth-order valence-corrected chi connectivity index (χ4v) is 2.96. The van der Waals surface area contributed by atoms with Gasteiger partial charge in [-0.25, -0.2) is 0 Å². The van der Waals surface area contributed by atoms with Gasteiger partial charge in [0.15, 0.2) is 0 Å². The van der Waals surface area contributed by atoms with Crippen molar-refractivity contribution in [2.24, 2.45) is 11.1 Å². The molecule has 2 rings (SSSR count). The van der Waals surface area contributed by atoms with E-state index in [0.29, 0.717) is 6.54 Å². The van der Waals surface area contributed by atoms with E-state index in [2.05, 4.69) is 39.8 Å². The monoisotopic (exact) mass is 233 g/mol. The fraction of sp³-hybridized carbons (Fsp3) is 0.600. The van der Waals surface area contributed by atoms with Crippen molar-refractivity contribution in [2.45, 2.75) is 39.5 Å². The van der Waals surface area contributed by atoms with Gasteiger partial charge >= 0.3 is 0 Å². The minimum absolute atomic E-state index is 0.108. The van der Waals surface area contributed by atoms with Crippen LogP contribution in [0.1, 0.15) is 37.0 Å². The van der Waals surface area contributed by atoms with Gasteiger partial charge in [0.25, 0.3) is 0 Å². The molecule has 1 aromatic rings. The summed E-state index contributed by atoms with van der Waals surface area (Å²) in [4.78, 5) is 0. The first-order chi connectivity index (χ1) is 7.88. The molecule has 0 aliphatic heterocycles. The van der Waals surface area contributed by atoms with Crippen molar-refractivity contribution in [3.8, 4) is 5.75 Å². The Bertz CT molecular complexity index is 450. The van der Waals surface area contributed by atoms with Crippen LogP contribution in [0, 0.1) is 19.3 Å². The van der Waals surface area contributed by atoms with E-state index < -0.39 is 0 Å². The second-order valence-electron chi connectivity index (χ2n) is 5.98. The zero-order valence-corrected chi connectivity index (χ0v) is 11.6. The number of benzene rings is 1. The molecule has 0 spiro atoms. The third-order valence-corrected chi connectivity index (χ3v) is 4.59. The van der Waals surface area contributed by atoms with Gasteiger partial charge in [0.05, 0.1) is 7.11 Å². The van der Waals surface area contributed by atoms with Crippen molar-refractivity contribution in [1.29, 1.82) is 0 Å². The summed E-state index contributed by atoms with van der Waals surface area (Å²) < 4.78 is 5.55. The number of methoxy groups -OCH3 is 1. The Morgan fingerprint density at radius 2 is 1.76 bits per heavy atom. The van der Waals surface area contributed by atoms with Crippen LogP contribution in [-0.2, 0) is 5.41 Å². The predicted molar refractivity (Wildman–Crippen MR) is 71.6 cm³/mol. The number of nitrogens with two attached hydrogens (primary N) is 1. The van der Waals surface area contributed by atoms with Crippen LogP contribution in [0.15, 0.2) is 12.1 Å². The van der Waals surface area contributed by atoms with E-state index in [1.165, 1.54) is 16.7 Å². The van der Waals surface area contributed by atoms with Crippen LogP contribution in [0.5, 0.6) is 5.75 Å². The van der Waals surface area contributed by atoms with Gasteiger partial charge in [-0.2, -0.15) is 0 Å². The topological polar surface area (TPSA) is 35.2 Å². The van der Waals surface area contributed by atoms with Crippen LogP contribution in [-0.4, -0.2) is 13.7 Å². The van der Waals surface area contributed by atoms with Gasteiger partial charge in [-0.15, -0.1) is 0 Å². The molecule has 1 aromatic carbocycles. The lowest BCUT2D eigenvalue weighted by molar-refractivity contribution is 0.394. The van der Waals surface area contributed by atoms with Gasteiger partial charge in [0, 0.05) is 17.5 Å². The quantitative estimate of drug-likeness (QED) is 0.871. The van der Waals surface area contributed by atoms with Gasteiger partial charge in [-0.1, -0.05) is 19.9 Å². The van der Waals surface area contributed by atoms with Crippen molar-refractivity contribution in [2.75, 3.05) is 13.7 Å². The van der Waals surface area contributed by atoms with Gasteiger partial charge in [0.1, 0.15) is 5.75 Å². The second-order valence-corrected chi connectivity index (χ2v) is 5.98. The maximum Gasteiger partial charge on any atom is 0.122 e. The molecule has 2 heteroatoms. The highest BCUT2D eigenvalue weighted by Gasteiger charge is 2.62. The van der Waals surface area contributed by atoms with E-state index in [1.54, 1.807) is 7.11 Å². The second kappa shape index (κ2) is 3.74. The van der Waals surface area contributed by atoms with Crippen LogP contribution in [0.3, 0.4) is 0 Å². The third kappa shape index (κ3) is 1.66. The van der Waals surface area contributed by atoms with E-state index in [9.17, 15) is 0 Å². The maximum atomic E-state index is 6.03. The van der Waals surface area contributed by atoms with Crippen LogP contribution in [0.4, 0.5) is 0 Å².